The van der Waals surface area contributed by atoms with Gasteiger partial charge in [-0.1, -0.05) is 18.2 Å². The van der Waals surface area contributed by atoms with Crippen molar-refractivity contribution in [1.29, 1.82) is 0 Å². The second-order valence-corrected chi connectivity index (χ2v) is 5.99. The molecule has 0 bridgehead atoms. The zero-order valence-electron chi connectivity index (χ0n) is 14.3. The first-order chi connectivity index (χ1) is 12.7. The molecular formula is C19H18N6O. The lowest BCUT2D eigenvalue weighted by Gasteiger charge is -2.06. The topological polar surface area (TPSA) is 88.5 Å². The van der Waals surface area contributed by atoms with Gasteiger partial charge in [-0.3, -0.25) is 9.36 Å². The van der Waals surface area contributed by atoms with Crippen molar-refractivity contribution in [2.24, 2.45) is 0 Å². The van der Waals surface area contributed by atoms with Crippen LogP contribution in [0.3, 0.4) is 0 Å². The maximum Gasteiger partial charge on any atom is 0.271 e. The molecule has 3 heterocycles. The van der Waals surface area contributed by atoms with Gasteiger partial charge >= 0.3 is 0 Å². The fourth-order valence-electron chi connectivity index (χ4n) is 2.93. The minimum atomic E-state index is -0.230. The Balaban J connectivity index is 1.38. The molecule has 0 aliphatic carbocycles. The van der Waals surface area contributed by atoms with Crippen LogP contribution in [-0.2, 0) is 6.42 Å². The fourth-order valence-corrected chi connectivity index (χ4v) is 2.93. The number of amides is 1. The van der Waals surface area contributed by atoms with Gasteiger partial charge in [-0.2, -0.15) is 0 Å². The van der Waals surface area contributed by atoms with E-state index < -0.39 is 0 Å². The number of rotatable bonds is 5. The molecule has 7 heteroatoms. The highest BCUT2D eigenvalue weighted by Gasteiger charge is 2.10. The van der Waals surface area contributed by atoms with Crippen molar-refractivity contribution >= 4 is 16.8 Å². The zero-order valence-corrected chi connectivity index (χ0v) is 14.3. The first-order valence-corrected chi connectivity index (χ1v) is 8.39. The summed E-state index contributed by atoms with van der Waals surface area (Å²) in [6, 6.07) is 11.6. The predicted molar refractivity (Wildman–Crippen MR) is 98.2 cm³/mol. The quantitative estimate of drug-likeness (QED) is 0.581. The molecule has 0 unspecified atom stereocenters. The standard InChI is InChI=1S/C19H18N6O/c1-13-20-10-11-25(13)18-7-6-17(23-24-18)19(26)21-9-8-14-12-22-16-5-3-2-4-15(14)16/h2-7,10-12,22H,8-9H2,1H3,(H,21,26). The SMILES string of the molecule is Cc1nccn1-c1ccc(C(=O)NCCc2c[nH]c3ccccc23)nn1. The molecule has 3 aromatic heterocycles. The lowest BCUT2D eigenvalue weighted by molar-refractivity contribution is 0.0948. The van der Waals surface area contributed by atoms with E-state index in [0.717, 1.165) is 17.8 Å². The van der Waals surface area contributed by atoms with E-state index in [1.54, 1.807) is 24.5 Å². The van der Waals surface area contributed by atoms with Crippen molar-refractivity contribution < 1.29 is 4.79 Å². The van der Waals surface area contributed by atoms with Gasteiger partial charge in [-0.15, -0.1) is 10.2 Å². The number of nitrogens with zero attached hydrogens (tertiary/aromatic N) is 4. The van der Waals surface area contributed by atoms with Gasteiger partial charge < -0.3 is 10.3 Å². The van der Waals surface area contributed by atoms with Gasteiger partial charge in [0.1, 0.15) is 5.82 Å². The number of hydrogen-bond acceptors (Lipinski definition) is 4. The molecule has 130 valence electrons. The van der Waals surface area contributed by atoms with E-state index in [4.69, 9.17) is 0 Å². The summed E-state index contributed by atoms with van der Waals surface area (Å²) in [5.41, 5.74) is 2.58. The number of H-pyrrole nitrogens is 1. The van der Waals surface area contributed by atoms with Gasteiger partial charge in [0, 0.05) is 36.0 Å². The summed E-state index contributed by atoms with van der Waals surface area (Å²) in [7, 11) is 0. The third kappa shape index (κ3) is 3.06. The van der Waals surface area contributed by atoms with Crippen LogP contribution < -0.4 is 5.32 Å². The van der Waals surface area contributed by atoms with Gasteiger partial charge in [0.2, 0.25) is 0 Å². The first-order valence-electron chi connectivity index (χ1n) is 8.39. The van der Waals surface area contributed by atoms with Gasteiger partial charge in [-0.25, -0.2) is 4.98 Å². The zero-order chi connectivity index (χ0) is 17.9. The molecule has 0 radical (unpaired) electrons. The predicted octanol–water partition coefficient (Wildman–Crippen LogP) is 2.42. The smallest absolute Gasteiger partial charge is 0.271 e. The van der Waals surface area contributed by atoms with Crippen LogP contribution in [0.4, 0.5) is 0 Å². The molecular weight excluding hydrogens is 328 g/mol. The Morgan fingerprint density at radius 2 is 2.08 bits per heavy atom. The summed E-state index contributed by atoms with van der Waals surface area (Å²) in [6.45, 7) is 2.41. The van der Waals surface area contributed by atoms with Crippen LogP contribution in [0.25, 0.3) is 16.7 Å². The number of aryl methyl sites for hydroxylation is 1. The maximum atomic E-state index is 12.3. The summed E-state index contributed by atoms with van der Waals surface area (Å²) in [6.07, 6.45) is 6.23. The van der Waals surface area contributed by atoms with Crippen LogP contribution in [-0.4, -0.2) is 37.2 Å². The van der Waals surface area contributed by atoms with Crippen molar-refractivity contribution in [2.45, 2.75) is 13.3 Å². The first kappa shape index (κ1) is 16.0. The van der Waals surface area contributed by atoms with Crippen molar-refractivity contribution in [2.75, 3.05) is 6.54 Å². The number of imidazole rings is 1. The monoisotopic (exact) mass is 346 g/mol. The molecule has 0 saturated carbocycles. The summed E-state index contributed by atoms with van der Waals surface area (Å²) in [4.78, 5) is 19.7. The Bertz CT molecular complexity index is 1050. The number of para-hydroxylation sites is 1. The van der Waals surface area contributed by atoms with E-state index >= 15 is 0 Å². The molecule has 1 aromatic carbocycles. The van der Waals surface area contributed by atoms with E-state index in [1.165, 1.54) is 10.9 Å². The highest BCUT2D eigenvalue weighted by Crippen LogP contribution is 2.17. The molecule has 26 heavy (non-hydrogen) atoms. The molecule has 0 atom stereocenters. The van der Waals surface area contributed by atoms with E-state index in [-0.39, 0.29) is 5.91 Å². The van der Waals surface area contributed by atoms with Crippen LogP contribution in [0.15, 0.2) is 55.0 Å². The Hall–Kier alpha value is -3.48. The van der Waals surface area contributed by atoms with Gasteiger partial charge in [0.15, 0.2) is 11.5 Å². The summed E-state index contributed by atoms with van der Waals surface area (Å²) < 4.78 is 1.81. The summed E-state index contributed by atoms with van der Waals surface area (Å²) in [5.74, 6) is 1.22. The number of fused-ring (bicyclic) bond motifs is 1. The second kappa shape index (κ2) is 6.79. The lowest BCUT2D eigenvalue weighted by atomic mass is 10.1. The Morgan fingerprint density at radius 1 is 1.19 bits per heavy atom. The number of aromatic amines is 1. The minimum Gasteiger partial charge on any atom is -0.361 e. The molecule has 0 saturated heterocycles. The van der Waals surface area contributed by atoms with Gasteiger partial charge in [0.05, 0.1) is 0 Å². The number of carbonyl (C=O) groups excluding carboxylic acids is 1. The number of hydrogen-bond donors (Lipinski definition) is 2. The summed E-state index contributed by atoms with van der Waals surface area (Å²) in [5, 5.41) is 12.2. The fraction of sp³-hybridized carbons (Fsp3) is 0.158. The number of carbonyl (C=O) groups is 1. The summed E-state index contributed by atoms with van der Waals surface area (Å²) >= 11 is 0. The molecule has 0 aliphatic rings. The van der Waals surface area contributed by atoms with Gasteiger partial charge in [0.25, 0.3) is 5.91 Å². The Morgan fingerprint density at radius 3 is 2.85 bits per heavy atom. The average Bonchev–Trinajstić information content (AvgIpc) is 3.28. The lowest BCUT2D eigenvalue weighted by Crippen LogP contribution is -2.26. The minimum absolute atomic E-state index is 0.230. The van der Waals surface area contributed by atoms with Crippen molar-refractivity contribution in [3.05, 3.63) is 72.1 Å². The Labute approximate surface area is 150 Å². The van der Waals surface area contributed by atoms with Crippen LogP contribution >= 0.6 is 0 Å². The molecule has 4 rings (SSSR count). The second-order valence-electron chi connectivity index (χ2n) is 5.99. The van der Waals surface area contributed by atoms with Crippen molar-refractivity contribution in [3.8, 4) is 5.82 Å². The number of nitrogens with one attached hydrogen (secondary N) is 2. The normalized spacial score (nSPS) is 11.0. The number of benzene rings is 1. The molecule has 4 aromatic rings. The third-order valence-corrected chi connectivity index (χ3v) is 4.31. The number of aromatic nitrogens is 5. The van der Waals surface area contributed by atoms with E-state index in [0.29, 0.717) is 18.1 Å². The Kier molecular flexibility index (Phi) is 4.18. The highest BCUT2D eigenvalue weighted by atomic mass is 16.1. The van der Waals surface area contributed by atoms with Crippen molar-refractivity contribution in [3.63, 3.8) is 0 Å². The van der Waals surface area contributed by atoms with E-state index in [9.17, 15) is 4.79 Å². The van der Waals surface area contributed by atoms with Crippen molar-refractivity contribution in [1.82, 2.24) is 30.0 Å². The largest absolute Gasteiger partial charge is 0.361 e. The molecule has 2 N–H and O–H groups in total. The van der Waals surface area contributed by atoms with Crippen LogP contribution in [0.5, 0.6) is 0 Å². The van der Waals surface area contributed by atoms with Crippen LogP contribution in [0.1, 0.15) is 21.9 Å². The van der Waals surface area contributed by atoms with Crippen LogP contribution in [0.2, 0.25) is 0 Å². The van der Waals surface area contributed by atoms with E-state index in [2.05, 4.69) is 31.5 Å². The van der Waals surface area contributed by atoms with Gasteiger partial charge in [-0.05, 0) is 37.1 Å². The average molecular weight is 346 g/mol. The molecule has 0 spiro atoms. The molecule has 1 amide bonds. The molecule has 7 nitrogen and oxygen atoms in total. The third-order valence-electron chi connectivity index (χ3n) is 4.31. The molecule has 0 aliphatic heterocycles. The maximum absolute atomic E-state index is 12.3. The van der Waals surface area contributed by atoms with Crippen LogP contribution in [0, 0.1) is 6.92 Å². The molecule has 0 fully saturated rings. The van der Waals surface area contributed by atoms with E-state index in [1.807, 2.05) is 35.9 Å². The highest BCUT2D eigenvalue weighted by molar-refractivity contribution is 5.92.